The number of hydrogen-bond acceptors (Lipinski definition) is 3. The summed E-state index contributed by atoms with van der Waals surface area (Å²) >= 11 is 1.77. The Balaban J connectivity index is 2.30. The maximum absolute atomic E-state index is 12.6. The van der Waals surface area contributed by atoms with Gasteiger partial charge >= 0.3 is 0 Å². The molecule has 0 N–H and O–H groups in total. The van der Waals surface area contributed by atoms with Crippen molar-refractivity contribution >= 4 is 17.5 Å². The van der Waals surface area contributed by atoms with Crippen molar-refractivity contribution in [3.63, 3.8) is 0 Å². The summed E-state index contributed by atoms with van der Waals surface area (Å²) in [5.41, 5.74) is 0.728. The minimum atomic E-state index is -0.257. The number of ketones is 1. The molecule has 1 aromatic rings. The van der Waals surface area contributed by atoms with Gasteiger partial charge in [0.05, 0.1) is 16.9 Å². The summed E-state index contributed by atoms with van der Waals surface area (Å²) < 4.78 is 5.28. The molecule has 1 unspecified atom stereocenters. The second-order valence-electron chi connectivity index (χ2n) is 4.44. The first kappa shape index (κ1) is 12.5. The Bertz CT molecular complexity index is 408. The van der Waals surface area contributed by atoms with E-state index in [-0.39, 0.29) is 10.5 Å². The van der Waals surface area contributed by atoms with Crippen molar-refractivity contribution in [3.05, 3.63) is 29.8 Å². The highest BCUT2D eigenvalue weighted by molar-refractivity contribution is 8.01. The van der Waals surface area contributed by atoms with Gasteiger partial charge in [0, 0.05) is 0 Å². The first-order valence-electron chi connectivity index (χ1n) is 6.08. The number of carbonyl (C=O) groups is 1. The lowest BCUT2D eigenvalue weighted by Gasteiger charge is -2.22. The lowest BCUT2D eigenvalue weighted by Crippen LogP contribution is -2.29. The molecule has 17 heavy (non-hydrogen) atoms. The Morgan fingerprint density at radius 1 is 1.47 bits per heavy atom. The van der Waals surface area contributed by atoms with E-state index in [0.29, 0.717) is 12.4 Å². The van der Waals surface area contributed by atoms with E-state index in [2.05, 4.69) is 6.92 Å². The molecule has 2 nitrogen and oxygen atoms in total. The van der Waals surface area contributed by atoms with Crippen molar-refractivity contribution in [2.45, 2.75) is 31.4 Å². The van der Waals surface area contributed by atoms with Gasteiger partial charge in [0.2, 0.25) is 0 Å². The molecule has 2 rings (SSSR count). The number of para-hydroxylation sites is 1. The molecule has 0 spiro atoms. The highest BCUT2D eigenvalue weighted by atomic mass is 32.2. The summed E-state index contributed by atoms with van der Waals surface area (Å²) in [5, 5.41) is 0. The molecular weight excluding hydrogens is 232 g/mol. The van der Waals surface area contributed by atoms with Crippen molar-refractivity contribution in [1.82, 2.24) is 0 Å². The van der Waals surface area contributed by atoms with E-state index in [1.807, 2.05) is 31.2 Å². The molecule has 1 aliphatic heterocycles. The van der Waals surface area contributed by atoms with E-state index in [1.165, 1.54) is 0 Å². The molecule has 0 radical (unpaired) electrons. The first-order valence-corrected chi connectivity index (χ1v) is 7.06. The lowest BCUT2D eigenvalue weighted by molar-refractivity contribution is 0.0945. The van der Waals surface area contributed by atoms with Gasteiger partial charge in [-0.25, -0.2) is 0 Å². The third-order valence-corrected chi connectivity index (χ3v) is 4.65. The standard InChI is InChI=1S/C14H18O2S/c1-3-16-12-8-5-4-7-11(12)13(15)14(2)9-6-10-17-14/h4-5,7-8H,3,6,9-10H2,1-2H3. The Hall–Kier alpha value is -0.960. The van der Waals surface area contributed by atoms with E-state index < -0.39 is 0 Å². The lowest BCUT2D eigenvalue weighted by atomic mass is 9.94. The maximum atomic E-state index is 12.6. The predicted octanol–water partition coefficient (Wildman–Crippen LogP) is 3.55. The predicted molar refractivity (Wildman–Crippen MR) is 72.0 cm³/mol. The van der Waals surface area contributed by atoms with Crippen LogP contribution in [-0.4, -0.2) is 22.9 Å². The van der Waals surface area contributed by atoms with Crippen LogP contribution in [0.4, 0.5) is 0 Å². The number of ether oxygens (including phenoxy) is 1. The van der Waals surface area contributed by atoms with Crippen LogP contribution in [0.3, 0.4) is 0 Å². The van der Waals surface area contributed by atoms with Crippen LogP contribution < -0.4 is 4.74 Å². The second kappa shape index (κ2) is 5.13. The number of benzene rings is 1. The van der Waals surface area contributed by atoms with Gasteiger partial charge in [-0.3, -0.25) is 4.79 Å². The molecule has 92 valence electrons. The van der Waals surface area contributed by atoms with Crippen molar-refractivity contribution in [3.8, 4) is 5.75 Å². The first-order chi connectivity index (χ1) is 8.17. The quantitative estimate of drug-likeness (QED) is 0.764. The number of rotatable bonds is 4. The fourth-order valence-electron chi connectivity index (χ4n) is 2.18. The molecule has 0 saturated carbocycles. The highest BCUT2D eigenvalue weighted by Gasteiger charge is 2.38. The van der Waals surface area contributed by atoms with Crippen LogP contribution in [0.2, 0.25) is 0 Å². The second-order valence-corrected chi connectivity index (χ2v) is 6.04. The largest absolute Gasteiger partial charge is 0.493 e. The molecule has 0 aliphatic carbocycles. The molecule has 0 aromatic heterocycles. The number of Topliss-reactive ketones (excluding diaryl/α,β-unsaturated/α-hetero) is 1. The molecule has 3 heteroatoms. The van der Waals surface area contributed by atoms with Gasteiger partial charge in [-0.2, -0.15) is 0 Å². The zero-order valence-corrected chi connectivity index (χ0v) is 11.2. The Labute approximate surface area is 107 Å². The van der Waals surface area contributed by atoms with E-state index >= 15 is 0 Å². The molecule has 1 atom stereocenters. The highest BCUT2D eigenvalue weighted by Crippen LogP contribution is 2.41. The molecule has 0 amide bonds. The molecular formula is C14H18O2S. The van der Waals surface area contributed by atoms with E-state index in [1.54, 1.807) is 11.8 Å². The van der Waals surface area contributed by atoms with Crippen molar-refractivity contribution in [1.29, 1.82) is 0 Å². The fraction of sp³-hybridized carbons (Fsp3) is 0.500. The number of thioether (sulfide) groups is 1. The van der Waals surface area contributed by atoms with Gasteiger partial charge in [0.15, 0.2) is 5.78 Å². The van der Waals surface area contributed by atoms with Gasteiger partial charge in [0.1, 0.15) is 5.75 Å². The SMILES string of the molecule is CCOc1ccccc1C(=O)C1(C)CCCS1. The zero-order chi connectivity index (χ0) is 12.3. The average molecular weight is 250 g/mol. The van der Waals surface area contributed by atoms with Crippen LogP contribution in [-0.2, 0) is 0 Å². The number of hydrogen-bond donors (Lipinski definition) is 0. The van der Waals surface area contributed by atoms with Gasteiger partial charge in [-0.15, -0.1) is 11.8 Å². The third-order valence-electron chi connectivity index (χ3n) is 3.13. The van der Waals surface area contributed by atoms with Gasteiger partial charge in [-0.05, 0) is 44.6 Å². The minimum absolute atomic E-state index is 0.212. The zero-order valence-electron chi connectivity index (χ0n) is 10.4. The summed E-state index contributed by atoms with van der Waals surface area (Å²) in [6.07, 6.45) is 2.10. The monoisotopic (exact) mass is 250 g/mol. The van der Waals surface area contributed by atoms with Crippen LogP contribution in [0.5, 0.6) is 5.75 Å². The molecule has 1 fully saturated rings. The van der Waals surface area contributed by atoms with E-state index in [4.69, 9.17) is 4.74 Å². The van der Waals surface area contributed by atoms with Gasteiger partial charge in [-0.1, -0.05) is 12.1 Å². The Morgan fingerprint density at radius 3 is 2.88 bits per heavy atom. The fourth-order valence-corrected chi connectivity index (χ4v) is 3.45. The van der Waals surface area contributed by atoms with E-state index in [9.17, 15) is 4.79 Å². The summed E-state index contributed by atoms with van der Waals surface area (Å²) in [4.78, 5) is 12.6. The van der Waals surface area contributed by atoms with Crippen molar-refractivity contribution in [2.24, 2.45) is 0 Å². The maximum Gasteiger partial charge on any atom is 0.182 e. The molecule has 1 aliphatic rings. The normalized spacial score (nSPS) is 23.6. The van der Waals surface area contributed by atoms with Crippen molar-refractivity contribution < 1.29 is 9.53 Å². The molecule has 1 aromatic carbocycles. The summed E-state index contributed by atoms with van der Waals surface area (Å²) in [6.45, 7) is 4.58. The topological polar surface area (TPSA) is 26.3 Å². The Morgan fingerprint density at radius 2 is 2.24 bits per heavy atom. The van der Waals surface area contributed by atoms with E-state index in [0.717, 1.165) is 24.2 Å². The van der Waals surface area contributed by atoms with Crippen LogP contribution in [0, 0.1) is 0 Å². The average Bonchev–Trinajstić information content (AvgIpc) is 2.78. The number of carbonyl (C=O) groups excluding carboxylic acids is 1. The summed E-state index contributed by atoms with van der Waals surface area (Å²) in [7, 11) is 0. The minimum Gasteiger partial charge on any atom is -0.493 e. The smallest absolute Gasteiger partial charge is 0.182 e. The van der Waals surface area contributed by atoms with Crippen LogP contribution in [0.25, 0.3) is 0 Å². The third kappa shape index (κ3) is 2.49. The van der Waals surface area contributed by atoms with Gasteiger partial charge < -0.3 is 4.74 Å². The van der Waals surface area contributed by atoms with Gasteiger partial charge in [0.25, 0.3) is 0 Å². The van der Waals surface area contributed by atoms with Crippen LogP contribution in [0.15, 0.2) is 24.3 Å². The van der Waals surface area contributed by atoms with Crippen molar-refractivity contribution in [2.75, 3.05) is 12.4 Å². The van der Waals surface area contributed by atoms with Crippen LogP contribution in [0.1, 0.15) is 37.0 Å². The molecule has 0 bridgehead atoms. The molecule has 1 heterocycles. The Kier molecular flexibility index (Phi) is 3.77. The van der Waals surface area contributed by atoms with Crippen LogP contribution >= 0.6 is 11.8 Å². The molecule has 1 saturated heterocycles. The summed E-state index contributed by atoms with van der Waals surface area (Å²) in [5.74, 6) is 2.01. The summed E-state index contributed by atoms with van der Waals surface area (Å²) in [6, 6.07) is 7.56.